The van der Waals surface area contributed by atoms with E-state index in [4.69, 9.17) is 11.6 Å². The summed E-state index contributed by atoms with van der Waals surface area (Å²) in [4.78, 5) is 0. The second kappa shape index (κ2) is 7.27. The predicted molar refractivity (Wildman–Crippen MR) is 102 cm³/mol. The molecule has 0 aliphatic heterocycles. The number of benzene rings is 3. The third-order valence-corrected chi connectivity index (χ3v) is 9.42. The Labute approximate surface area is 142 Å². The predicted octanol–water partition coefficient (Wildman–Crippen LogP) is 3.54. The van der Waals surface area contributed by atoms with Crippen LogP contribution < -0.4 is 15.9 Å². The number of rotatable bonds is 5. The van der Waals surface area contributed by atoms with Crippen molar-refractivity contribution in [3.63, 3.8) is 0 Å². The first-order chi connectivity index (χ1) is 11.3. The van der Waals surface area contributed by atoms with Gasteiger partial charge in [0.2, 0.25) is 0 Å². The maximum absolute atomic E-state index is 9.95. The number of aliphatic hydroxyl groups excluding tert-OH is 1. The summed E-state index contributed by atoms with van der Waals surface area (Å²) < 4.78 is 0. The van der Waals surface area contributed by atoms with E-state index in [-0.39, 0.29) is 11.7 Å². The molecule has 1 unspecified atom stereocenters. The van der Waals surface area contributed by atoms with Gasteiger partial charge in [0.15, 0.2) is 5.12 Å². The molecule has 1 atom stereocenters. The normalized spacial score (nSPS) is 12.8. The molecular formula is C20H19ClOP+. The van der Waals surface area contributed by atoms with Gasteiger partial charge in [0.1, 0.15) is 23.2 Å². The summed E-state index contributed by atoms with van der Waals surface area (Å²) >= 11 is 6.79. The Morgan fingerprint density at radius 3 is 1.22 bits per heavy atom. The number of aliphatic hydroxyl groups is 1. The maximum atomic E-state index is 9.95. The van der Waals surface area contributed by atoms with Crippen LogP contribution in [0.3, 0.4) is 0 Å². The molecule has 1 nitrogen and oxygen atoms in total. The van der Waals surface area contributed by atoms with Gasteiger partial charge in [0.25, 0.3) is 0 Å². The molecule has 0 radical (unpaired) electrons. The Morgan fingerprint density at radius 2 is 0.957 bits per heavy atom. The summed E-state index contributed by atoms with van der Waals surface area (Å²) in [5.41, 5.74) is 0. The average molecular weight is 342 g/mol. The fraction of sp³-hybridized carbons (Fsp3) is 0.100. The van der Waals surface area contributed by atoms with Crippen molar-refractivity contribution >= 4 is 34.8 Å². The van der Waals surface area contributed by atoms with Gasteiger partial charge in [-0.1, -0.05) is 66.2 Å². The summed E-state index contributed by atoms with van der Waals surface area (Å²) in [6, 6.07) is 31.0. The minimum absolute atomic E-state index is 0.0615. The van der Waals surface area contributed by atoms with E-state index in [2.05, 4.69) is 36.4 Å². The molecule has 0 fully saturated rings. The van der Waals surface area contributed by atoms with Crippen molar-refractivity contribution in [3.8, 4) is 0 Å². The zero-order valence-corrected chi connectivity index (χ0v) is 14.4. The summed E-state index contributed by atoms with van der Waals surface area (Å²) in [5, 5.41) is 13.1. The summed E-state index contributed by atoms with van der Waals surface area (Å²) in [5.74, 6) is 0. The fourth-order valence-corrected chi connectivity index (χ4v) is 8.10. The van der Waals surface area contributed by atoms with Crippen LogP contribution in [0.4, 0.5) is 0 Å². The number of hydrogen-bond donors (Lipinski definition) is 1. The molecule has 116 valence electrons. The number of alkyl halides is 1. The molecule has 0 spiro atoms. The van der Waals surface area contributed by atoms with Crippen molar-refractivity contribution in [2.75, 3.05) is 6.61 Å². The smallest absolute Gasteiger partial charge is 0.179 e. The number of hydrogen-bond acceptors (Lipinski definition) is 1. The van der Waals surface area contributed by atoms with Gasteiger partial charge < -0.3 is 5.11 Å². The van der Waals surface area contributed by atoms with Gasteiger partial charge in [0, 0.05) is 0 Å². The van der Waals surface area contributed by atoms with Crippen LogP contribution in [0.25, 0.3) is 0 Å². The molecule has 0 aliphatic carbocycles. The average Bonchev–Trinajstić information content (AvgIpc) is 2.65. The monoisotopic (exact) mass is 341 g/mol. The fourth-order valence-electron chi connectivity index (χ4n) is 3.04. The van der Waals surface area contributed by atoms with E-state index < -0.39 is 7.26 Å². The van der Waals surface area contributed by atoms with E-state index in [0.29, 0.717) is 0 Å². The lowest BCUT2D eigenvalue weighted by molar-refractivity contribution is 0.313. The van der Waals surface area contributed by atoms with Crippen molar-refractivity contribution in [3.05, 3.63) is 91.0 Å². The third-order valence-electron chi connectivity index (χ3n) is 4.06. The molecule has 3 aromatic carbocycles. The van der Waals surface area contributed by atoms with Gasteiger partial charge in [-0.2, -0.15) is 0 Å². The first-order valence-corrected chi connectivity index (χ1v) is 9.90. The highest BCUT2D eigenvalue weighted by molar-refractivity contribution is 7.97. The summed E-state index contributed by atoms with van der Waals surface area (Å²) in [6.07, 6.45) is 0. The van der Waals surface area contributed by atoms with Crippen LogP contribution in [0.1, 0.15) is 0 Å². The number of halogens is 1. The van der Waals surface area contributed by atoms with Crippen LogP contribution >= 0.6 is 18.9 Å². The van der Waals surface area contributed by atoms with Gasteiger partial charge in [-0.15, -0.1) is 0 Å². The van der Waals surface area contributed by atoms with Crippen LogP contribution in [-0.4, -0.2) is 16.8 Å². The van der Waals surface area contributed by atoms with Gasteiger partial charge in [-0.05, 0) is 36.4 Å². The van der Waals surface area contributed by atoms with E-state index in [1.807, 2.05) is 54.6 Å². The third kappa shape index (κ3) is 2.93. The second-order valence-electron chi connectivity index (χ2n) is 5.35. The molecule has 3 rings (SSSR count). The lowest BCUT2D eigenvalue weighted by Gasteiger charge is -2.30. The molecule has 0 bridgehead atoms. The van der Waals surface area contributed by atoms with E-state index in [1.165, 1.54) is 15.9 Å². The van der Waals surface area contributed by atoms with Crippen molar-refractivity contribution in [1.82, 2.24) is 0 Å². The Bertz CT molecular complexity index is 635. The maximum Gasteiger partial charge on any atom is 0.179 e. The molecular weight excluding hydrogens is 323 g/mol. The van der Waals surface area contributed by atoms with Crippen molar-refractivity contribution < 1.29 is 5.11 Å². The standard InChI is InChI=1S/C20H19ClOP/c21-20(16-22)23(17-10-4-1-5-11-17,18-12-6-2-7-13-18)19-14-8-3-9-15-19/h1-15,20,22H,16H2/q+1. The highest BCUT2D eigenvalue weighted by Gasteiger charge is 2.51. The second-order valence-corrected chi connectivity index (χ2v) is 9.80. The Balaban J connectivity index is 2.35. The minimum Gasteiger partial charge on any atom is -0.391 e. The molecule has 1 N–H and O–H groups in total. The zero-order chi connectivity index (χ0) is 16.1. The highest BCUT2D eigenvalue weighted by atomic mass is 35.5. The summed E-state index contributed by atoms with van der Waals surface area (Å²) in [7, 11) is -2.13. The summed E-state index contributed by atoms with van der Waals surface area (Å²) in [6.45, 7) is -0.0615. The van der Waals surface area contributed by atoms with Crippen molar-refractivity contribution in [2.45, 2.75) is 5.12 Å². The lowest BCUT2D eigenvalue weighted by atomic mass is 10.4. The lowest BCUT2D eigenvalue weighted by Crippen LogP contribution is -2.38. The van der Waals surface area contributed by atoms with Gasteiger partial charge in [-0.25, -0.2) is 0 Å². The highest BCUT2D eigenvalue weighted by Crippen LogP contribution is 2.60. The first kappa shape index (κ1) is 16.2. The zero-order valence-electron chi connectivity index (χ0n) is 12.7. The molecule has 3 heteroatoms. The van der Waals surface area contributed by atoms with Crippen LogP contribution in [-0.2, 0) is 0 Å². The van der Waals surface area contributed by atoms with E-state index in [0.717, 1.165) is 0 Å². The van der Waals surface area contributed by atoms with Crippen LogP contribution in [0.2, 0.25) is 0 Å². The van der Waals surface area contributed by atoms with E-state index in [1.54, 1.807) is 0 Å². The molecule has 3 aromatic rings. The van der Waals surface area contributed by atoms with Crippen LogP contribution in [0, 0.1) is 0 Å². The minimum atomic E-state index is -2.13. The van der Waals surface area contributed by atoms with Gasteiger partial charge in [0.05, 0.1) is 6.61 Å². The molecule has 0 heterocycles. The molecule has 23 heavy (non-hydrogen) atoms. The topological polar surface area (TPSA) is 20.2 Å². The molecule has 0 aliphatic rings. The van der Waals surface area contributed by atoms with E-state index in [9.17, 15) is 5.11 Å². The molecule has 0 saturated heterocycles. The molecule has 0 saturated carbocycles. The largest absolute Gasteiger partial charge is 0.391 e. The quantitative estimate of drug-likeness (QED) is 0.556. The Hall–Kier alpha value is -1.66. The van der Waals surface area contributed by atoms with Gasteiger partial charge in [-0.3, -0.25) is 0 Å². The molecule has 0 amide bonds. The molecule has 0 aromatic heterocycles. The van der Waals surface area contributed by atoms with Crippen molar-refractivity contribution in [2.24, 2.45) is 0 Å². The van der Waals surface area contributed by atoms with Gasteiger partial charge >= 0.3 is 0 Å². The van der Waals surface area contributed by atoms with E-state index >= 15 is 0 Å². The van der Waals surface area contributed by atoms with Crippen LogP contribution in [0.15, 0.2) is 91.0 Å². The first-order valence-electron chi connectivity index (χ1n) is 7.60. The Kier molecular flexibility index (Phi) is 5.13. The SMILES string of the molecule is OCC(Cl)[P+](c1ccccc1)(c1ccccc1)c1ccccc1. The van der Waals surface area contributed by atoms with Crippen LogP contribution in [0.5, 0.6) is 0 Å². The Morgan fingerprint density at radius 1 is 0.652 bits per heavy atom. The van der Waals surface area contributed by atoms with Crippen molar-refractivity contribution in [1.29, 1.82) is 0 Å².